The number of amides is 1. The summed E-state index contributed by atoms with van der Waals surface area (Å²) in [6, 6.07) is 2.69. The van der Waals surface area contributed by atoms with Gasteiger partial charge >= 0.3 is 0 Å². The van der Waals surface area contributed by atoms with Gasteiger partial charge in [-0.15, -0.1) is 11.3 Å². The Labute approximate surface area is 118 Å². The summed E-state index contributed by atoms with van der Waals surface area (Å²) in [5.41, 5.74) is 0. The minimum atomic E-state index is 0.0557. The van der Waals surface area contributed by atoms with Crippen molar-refractivity contribution in [1.29, 1.82) is 0 Å². The number of anilines is 1. The summed E-state index contributed by atoms with van der Waals surface area (Å²) in [5, 5.41) is 6.49. The van der Waals surface area contributed by atoms with Crippen LogP contribution in [-0.4, -0.2) is 16.9 Å². The highest BCUT2D eigenvalue weighted by Crippen LogP contribution is 2.31. The number of terminal acetylenes is 1. The van der Waals surface area contributed by atoms with E-state index in [2.05, 4.69) is 35.5 Å². The smallest absolute Gasteiger partial charge is 0.229 e. The van der Waals surface area contributed by atoms with Gasteiger partial charge in [-0.2, -0.15) is 0 Å². The molecule has 1 heterocycles. The summed E-state index contributed by atoms with van der Waals surface area (Å²) >= 11 is 1.57. The number of carbonyl (C=O) groups is 1. The van der Waals surface area contributed by atoms with Gasteiger partial charge in [0.15, 0.2) is 5.13 Å². The summed E-state index contributed by atoms with van der Waals surface area (Å²) in [6.07, 6.45) is 9.71. The maximum atomic E-state index is 12.0. The fourth-order valence-corrected chi connectivity index (χ4v) is 3.00. The fourth-order valence-electron chi connectivity index (χ4n) is 2.05. The monoisotopic (exact) mass is 277 g/mol. The van der Waals surface area contributed by atoms with Gasteiger partial charge in [-0.1, -0.05) is 20.3 Å². The molecule has 102 valence electrons. The Balaban J connectivity index is 1.83. The summed E-state index contributed by atoms with van der Waals surface area (Å²) < 4.78 is 0. The maximum absolute atomic E-state index is 12.0. The normalized spacial score (nSPS) is 23.0. The lowest BCUT2D eigenvalue weighted by molar-refractivity contribution is -0.122. The van der Waals surface area contributed by atoms with Gasteiger partial charge in [-0.25, -0.2) is 4.98 Å². The SMILES string of the molecule is C#CNC1CC(C(=O)Nc2ncc([C@@H](C)CC)s2)C1. The van der Waals surface area contributed by atoms with E-state index in [1.165, 1.54) is 4.88 Å². The molecule has 0 aliphatic heterocycles. The Morgan fingerprint density at radius 2 is 2.42 bits per heavy atom. The molecule has 19 heavy (non-hydrogen) atoms. The Bertz CT molecular complexity index is 485. The molecular formula is C14H19N3OS. The topological polar surface area (TPSA) is 54.0 Å². The van der Waals surface area contributed by atoms with Gasteiger partial charge in [0.2, 0.25) is 5.91 Å². The highest BCUT2D eigenvalue weighted by Gasteiger charge is 2.34. The summed E-state index contributed by atoms with van der Waals surface area (Å²) in [7, 11) is 0. The molecule has 1 amide bonds. The molecule has 1 aromatic heterocycles. The lowest BCUT2D eigenvalue weighted by Crippen LogP contribution is -2.44. The lowest BCUT2D eigenvalue weighted by atomic mass is 9.80. The molecule has 1 fully saturated rings. The van der Waals surface area contributed by atoms with E-state index < -0.39 is 0 Å². The van der Waals surface area contributed by atoms with E-state index in [1.54, 1.807) is 11.3 Å². The van der Waals surface area contributed by atoms with Crippen LogP contribution < -0.4 is 10.6 Å². The van der Waals surface area contributed by atoms with Crippen LogP contribution in [0.1, 0.15) is 43.9 Å². The van der Waals surface area contributed by atoms with Gasteiger partial charge in [0.1, 0.15) is 0 Å². The van der Waals surface area contributed by atoms with Crippen LogP contribution in [0.4, 0.5) is 5.13 Å². The highest BCUT2D eigenvalue weighted by molar-refractivity contribution is 7.15. The molecule has 0 spiro atoms. The van der Waals surface area contributed by atoms with Crippen molar-refractivity contribution >= 4 is 22.4 Å². The van der Waals surface area contributed by atoms with Crippen molar-refractivity contribution in [3.63, 3.8) is 0 Å². The van der Waals surface area contributed by atoms with Crippen LogP contribution in [0.2, 0.25) is 0 Å². The largest absolute Gasteiger partial charge is 0.343 e. The molecule has 5 heteroatoms. The second-order valence-corrected chi connectivity index (χ2v) is 6.08. The Hall–Kier alpha value is -1.54. The number of nitrogens with zero attached hydrogens (tertiary/aromatic N) is 1. The second kappa shape index (κ2) is 6.07. The third-order valence-corrected chi connectivity index (χ3v) is 4.79. The fraction of sp³-hybridized carbons (Fsp3) is 0.571. The third-order valence-electron chi connectivity index (χ3n) is 3.65. The minimum absolute atomic E-state index is 0.0557. The van der Waals surface area contributed by atoms with Crippen LogP contribution in [0.3, 0.4) is 0 Å². The van der Waals surface area contributed by atoms with Gasteiger partial charge in [-0.3, -0.25) is 4.79 Å². The van der Waals surface area contributed by atoms with Crippen molar-refractivity contribution in [1.82, 2.24) is 10.3 Å². The number of thiazole rings is 1. The standard InChI is InChI=1S/C14H19N3OS/c1-4-9(3)12-8-16-14(19-12)17-13(18)10-6-11(7-10)15-5-2/h2,8-11,15H,4,6-7H2,1,3H3,(H,16,17,18)/t9-,10?,11?/m0/s1. The van der Waals surface area contributed by atoms with Crippen LogP contribution in [0.5, 0.6) is 0 Å². The highest BCUT2D eigenvalue weighted by atomic mass is 32.1. The Morgan fingerprint density at radius 3 is 3.05 bits per heavy atom. The van der Waals surface area contributed by atoms with Crippen LogP contribution in [0, 0.1) is 18.4 Å². The number of hydrogen-bond donors (Lipinski definition) is 2. The summed E-state index contributed by atoms with van der Waals surface area (Å²) in [6.45, 7) is 4.32. The van der Waals surface area contributed by atoms with Crippen LogP contribution >= 0.6 is 11.3 Å². The van der Waals surface area contributed by atoms with Gasteiger partial charge in [0, 0.05) is 29.1 Å². The van der Waals surface area contributed by atoms with Crippen LogP contribution in [0.25, 0.3) is 0 Å². The molecule has 1 aromatic rings. The zero-order valence-corrected chi connectivity index (χ0v) is 12.1. The summed E-state index contributed by atoms with van der Waals surface area (Å²) in [4.78, 5) is 17.4. The first-order valence-corrected chi connectivity index (χ1v) is 7.43. The molecule has 0 aromatic carbocycles. The first-order valence-electron chi connectivity index (χ1n) is 6.61. The van der Waals surface area contributed by atoms with E-state index in [1.807, 2.05) is 6.20 Å². The van der Waals surface area contributed by atoms with Crippen molar-refractivity contribution in [2.45, 2.75) is 45.1 Å². The molecule has 4 nitrogen and oxygen atoms in total. The van der Waals surface area contributed by atoms with Crippen molar-refractivity contribution < 1.29 is 4.79 Å². The quantitative estimate of drug-likeness (QED) is 0.642. The molecule has 0 bridgehead atoms. The number of nitrogens with one attached hydrogen (secondary N) is 2. The van der Waals surface area contributed by atoms with Crippen molar-refractivity contribution in [3.8, 4) is 12.5 Å². The summed E-state index contributed by atoms with van der Waals surface area (Å²) in [5.74, 6) is 0.609. The van der Waals surface area contributed by atoms with Gasteiger partial charge in [0.05, 0.1) is 0 Å². The molecular weight excluding hydrogens is 258 g/mol. The number of rotatable bonds is 5. The number of carbonyl (C=O) groups excluding carboxylic acids is 1. The molecule has 2 N–H and O–H groups in total. The van der Waals surface area contributed by atoms with E-state index >= 15 is 0 Å². The Morgan fingerprint density at radius 1 is 1.68 bits per heavy atom. The molecule has 2 rings (SSSR count). The van der Waals surface area contributed by atoms with Crippen molar-refractivity contribution in [2.24, 2.45) is 5.92 Å². The van der Waals surface area contributed by atoms with E-state index in [0.29, 0.717) is 11.0 Å². The first-order chi connectivity index (χ1) is 9.13. The van der Waals surface area contributed by atoms with Crippen LogP contribution in [-0.2, 0) is 4.79 Å². The van der Waals surface area contributed by atoms with Crippen molar-refractivity contribution in [3.05, 3.63) is 11.1 Å². The molecule has 0 radical (unpaired) electrons. The van der Waals surface area contributed by atoms with Crippen LogP contribution in [0.15, 0.2) is 6.20 Å². The third kappa shape index (κ3) is 3.27. The van der Waals surface area contributed by atoms with E-state index in [0.717, 1.165) is 19.3 Å². The van der Waals surface area contributed by atoms with Crippen molar-refractivity contribution in [2.75, 3.05) is 5.32 Å². The average Bonchev–Trinajstić information content (AvgIpc) is 2.80. The number of aromatic nitrogens is 1. The van der Waals surface area contributed by atoms with Gasteiger partial charge in [-0.05, 0) is 25.2 Å². The van der Waals surface area contributed by atoms with E-state index in [4.69, 9.17) is 6.42 Å². The molecule has 1 aliphatic carbocycles. The zero-order chi connectivity index (χ0) is 13.8. The number of hydrogen-bond acceptors (Lipinski definition) is 4. The van der Waals surface area contributed by atoms with Gasteiger partial charge < -0.3 is 10.6 Å². The average molecular weight is 277 g/mol. The predicted molar refractivity (Wildman–Crippen MR) is 77.9 cm³/mol. The predicted octanol–water partition coefficient (Wildman–Crippen LogP) is 2.55. The lowest BCUT2D eigenvalue weighted by Gasteiger charge is -2.33. The minimum Gasteiger partial charge on any atom is -0.343 e. The molecule has 1 aliphatic rings. The molecule has 0 saturated heterocycles. The molecule has 1 atom stereocenters. The molecule has 1 saturated carbocycles. The Kier molecular flexibility index (Phi) is 4.43. The zero-order valence-electron chi connectivity index (χ0n) is 11.3. The maximum Gasteiger partial charge on any atom is 0.229 e. The van der Waals surface area contributed by atoms with Gasteiger partial charge in [0.25, 0.3) is 0 Å². The first kappa shape index (κ1) is 13.9. The molecule has 0 unspecified atom stereocenters. The second-order valence-electron chi connectivity index (χ2n) is 5.02. The van der Waals surface area contributed by atoms with E-state index in [-0.39, 0.29) is 17.9 Å². The van der Waals surface area contributed by atoms with E-state index in [9.17, 15) is 4.79 Å².